The predicted octanol–water partition coefficient (Wildman–Crippen LogP) is 2.14. The molecule has 0 spiro atoms. The Hall–Kier alpha value is -1.07. The van der Waals surface area contributed by atoms with E-state index < -0.39 is 9.05 Å². The molecule has 0 heterocycles. The summed E-state index contributed by atoms with van der Waals surface area (Å²) in [6.45, 7) is 0.649. The molecule has 1 aliphatic rings. The third-order valence-electron chi connectivity index (χ3n) is 3.15. The van der Waals surface area contributed by atoms with Crippen LogP contribution in [0.2, 0.25) is 0 Å². The Balaban J connectivity index is 2.05. The topological polar surface area (TPSA) is 63.2 Å². The molecule has 4 nitrogen and oxygen atoms in total. The molecule has 0 bridgehead atoms. The molecule has 1 saturated carbocycles. The maximum absolute atomic E-state index is 11.8. The van der Waals surface area contributed by atoms with Gasteiger partial charge < -0.3 is 5.32 Å². The smallest absolute Gasteiger partial charge is 0.261 e. The summed E-state index contributed by atoms with van der Waals surface area (Å²) in [5, 5.41) is 2.80. The molecule has 1 amide bonds. The maximum atomic E-state index is 11.8. The van der Waals surface area contributed by atoms with Gasteiger partial charge in [0.15, 0.2) is 0 Å². The van der Waals surface area contributed by atoms with Gasteiger partial charge in [0.1, 0.15) is 0 Å². The van der Waals surface area contributed by atoms with E-state index in [1.807, 2.05) is 0 Å². The van der Waals surface area contributed by atoms with E-state index in [2.05, 4.69) is 5.32 Å². The Morgan fingerprint density at radius 3 is 2.67 bits per heavy atom. The van der Waals surface area contributed by atoms with Gasteiger partial charge in [-0.15, -0.1) is 0 Å². The molecule has 0 saturated heterocycles. The van der Waals surface area contributed by atoms with E-state index in [4.69, 9.17) is 10.7 Å². The molecular formula is C12H14ClNO3S. The third-order valence-corrected chi connectivity index (χ3v) is 4.51. The minimum absolute atomic E-state index is 0.0551. The summed E-state index contributed by atoms with van der Waals surface area (Å²) in [5.41, 5.74) is 0.316. The first kappa shape index (κ1) is 13.4. The van der Waals surface area contributed by atoms with Crippen LogP contribution in [0.25, 0.3) is 0 Å². The van der Waals surface area contributed by atoms with Gasteiger partial charge in [0.2, 0.25) is 0 Å². The zero-order valence-corrected chi connectivity index (χ0v) is 11.3. The van der Waals surface area contributed by atoms with Gasteiger partial charge in [-0.3, -0.25) is 4.79 Å². The molecule has 0 atom stereocenters. The molecule has 98 valence electrons. The fourth-order valence-corrected chi connectivity index (χ4v) is 2.62. The normalized spacial score (nSPS) is 16.1. The fraction of sp³-hybridized carbons (Fsp3) is 0.417. The number of hydrogen-bond donors (Lipinski definition) is 1. The van der Waals surface area contributed by atoms with Crippen molar-refractivity contribution in [1.29, 1.82) is 0 Å². The second-order valence-electron chi connectivity index (χ2n) is 4.47. The Kier molecular flexibility index (Phi) is 3.92. The van der Waals surface area contributed by atoms with Gasteiger partial charge in [-0.25, -0.2) is 8.42 Å². The first-order chi connectivity index (χ1) is 8.47. The van der Waals surface area contributed by atoms with Gasteiger partial charge in [-0.1, -0.05) is 12.5 Å². The molecule has 0 aromatic heterocycles. The lowest BCUT2D eigenvalue weighted by atomic mass is 9.85. The first-order valence-corrected chi connectivity index (χ1v) is 8.10. The standard InChI is InChI=1S/C12H14ClNO3S/c13-18(16,17)11-6-2-5-10(7-11)12(15)14-8-9-3-1-4-9/h2,5-7,9H,1,3-4,8H2,(H,14,15). The quantitative estimate of drug-likeness (QED) is 0.863. The number of hydrogen-bond acceptors (Lipinski definition) is 3. The molecule has 1 aromatic carbocycles. The van der Waals surface area contributed by atoms with Crippen LogP contribution in [0.5, 0.6) is 0 Å². The fourth-order valence-electron chi connectivity index (χ4n) is 1.83. The predicted molar refractivity (Wildman–Crippen MR) is 69.2 cm³/mol. The van der Waals surface area contributed by atoms with Crippen LogP contribution >= 0.6 is 10.7 Å². The summed E-state index contributed by atoms with van der Waals surface area (Å²) >= 11 is 0. The van der Waals surface area contributed by atoms with E-state index >= 15 is 0 Å². The van der Waals surface area contributed by atoms with Crippen molar-refractivity contribution in [3.63, 3.8) is 0 Å². The number of carbonyl (C=O) groups excluding carboxylic acids is 1. The van der Waals surface area contributed by atoms with Gasteiger partial charge in [-0.05, 0) is 37.0 Å². The number of carbonyl (C=O) groups is 1. The van der Waals surface area contributed by atoms with Crippen molar-refractivity contribution in [2.75, 3.05) is 6.54 Å². The summed E-state index contributed by atoms with van der Waals surface area (Å²) in [6, 6.07) is 5.73. The SMILES string of the molecule is O=C(NCC1CCC1)c1cccc(S(=O)(=O)Cl)c1. The zero-order valence-electron chi connectivity index (χ0n) is 9.73. The van der Waals surface area contributed by atoms with Crippen LogP contribution in [0.1, 0.15) is 29.6 Å². The number of nitrogens with one attached hydrogen (secondary N) is 1. The van der Waals surface area contributed by atoms with Crippen LogP contribution in [-0.4, -0.2) is 20.9 Å². The summed E-state index contributed by atoms with van der Waals surface area (Å²) in [7, 11) is 1.44. The van der Waals surface area contributed by atoms with Crippen molar-refractivity contribution in [3.05, 3.63) is 29.8 Å². The Morgan fingerprint density at radius 1 is 1.39 bits per heavy atom. The average molecular weight is 288 g/mol. The monoisotopic (exact) mass is 287 g/mol. The van der Waals surface area contributed by atoms with E-state index in [-0.39, 0.29) is 10.8 Å². The Labute approximate surface area is 111 Å². The molecule has 1 aliphatic carbocycles. The summed E-state index contributed by atoms with van der Waals surface area (Å²) in [4.78, 5) is 11.8. The molecular weight excluding hydrogens is 274 g/mol. The highest BCUT2D eigenvalue weighted by atomic mass is 35.7. The van der Waals surface area contributed by atoms with E-state index in [1.165, 1.54) is 24.6 Å². The molecule has 2 rings (SSSR count). The third kappa shape index (κ3) is 3.23. The highest BCUT2D eigenvalue weighted by Crippen LogP contribution is 2.25. The van der Waals surface area contributed by atoms with Crippen LogP contribution in [0.3, 0.4) is 0 Å². The Bertz CT molecular complexity index is 552. The second-order valence-corrected chi connectivity index (χ2v) is 7.04. The molecule has 0 radical (unpaired) electrons. The van der Waals surface area contributed by atoms with Crippen molar-refractivity contribution in [1.82, 2.24) is 5.32 Å². The molecule has 6 heteroatoms. The maximum Gasteiger partial charge on any atom is 0.261 e. The molecule has 0 unspecified atom stereocenters. The molecule has 1 N–H and O–H groups in total. The van der Waals surface area contributed by atoms with Gasteiger partial charge in [0, 0.05) is 22.8 Å². The summed E-state index contributed by atoms with van der Waals surface area (Å²) in [6.07, 6.45) is 3.52. The van der Waals surface area contributed by atoms with Crippen LogP contribution in [-0.2, 0) is 9.05 Å². The summed E-state index contributed by atoms with van der Waals surface area (Å²) in [5.74, 6) is 0.304. The largest absolute Gasteiger partial charge is 0.352 e. The number of amides is 1. The van der Waals surface area contributed by atoms with E-state index in [1.54, 1.807) is 6.07 Å². The molecule has 0 aliphatic heterocycles. The summed E-state index contributed by atoms with van der Waals surface area (Å²) < 4.78 is 22.3. The van der Waals surface area contributed by atoms with E-state index in [9.17, 15) is 13.2 Å². The molecule has 18 heavy (non-hydrogen) atoms. The zero-order chi connectivity index (χ0) is 13.2. The lowest BCUT2D eigenvalue weighted by molar-refractivity contribution is 0.0939. The van der Waals surface area contributed by atoms with Crippen molar-refractivity contribution in [2.24, 2.45) is 5.92 Å². The van der Waals surface area contributed by atoms with Gasteiger partial charge >= 0.3 is 0 Å². The number of rotatable bonds is 4. The highest BCUT2D eigenvalue weighted by molar-refractivity contribution is 8.13. The lowest BCUT2D eigenvalue weighted by Gasteiger charge is -2.25. The van der Waals surface area contributed by atoms with Crippen LogP contribution in [0.4, 0.5) is 0 Å². The second kappa shape index (κ2) is 5.28. The molecule has 1 fully saturated rings. The minimum atomic E-state index is -3.79. The van der Waals surface area contributed by atoms with E-state index in [0.29, 0.717) is 18.0 Å². The van der Waals surface area contributed by atoms with Gasteiger partial charge in [-0.2, -0.15) is 0 Å². The lowest BCUT2D eigenvalue weighted by Crippen LogP contribution is -2.32. The first-order valence-electron chi connectivity index (χ1n) is 5.80. The van der Waals surface area contributed by atoms with E-state index in [0.717, 1.165) is 12.8 Å². The van der Waals surface area contributed by atoms with Crippen molar-refractivity contribution in [3.8, 4) is 0 Å². The minimum Gasteiger partial charge on any atom is -0.352 e. The average Bonchev–Trinajstić information content (AvgIpc) is 2.26. The van der Waals surface area contributed by atoms with Crippen LogP contribution in [0, 0.1) is 5.92 Å². The van der Waals surface area contributed by atoms with Crippen LogP contribution < -0.4 is 5.32 Å². The van der Waals surface area contributed by atoms with Gasteiger partial charge in [0.05, 0.1) is 4.90 Å². The number of benzene rings is 1. The number of halogens is 1. The van der Waals surface area contributed by atoms with Crippen molar-refractivity contribution < 1.29 is 13.2 Å². The molecule has 1 aromatic rings. The van der Waals surface area contributed by atoms with Gasteiger partial charge in [0.25, 0.3) is 15.0 Å². The van der Waals surface area contributed by atoms with Crippen molar-refractivity contribution in [2.45, 2.75) is 24.2 Å². The Morgan fingerprint density at radius 2 is 2.11 bits per heavy atom. The highest BCUT2D eigenvalue weighted by Gasteiger charge is 2.19. The van der Waals surface area contributed by atoms with Crippen molar-refractivity contribution >= 4 is 25.6 Å². The van der Waals surface area contributed by atoms with Crippen LogP contribution in [0.15, 0.2) is 29.2 Å².